The molecule has 0 radical (unpaired) electrons. The largest absolute Gasteiger partial charge is 0.310 e. The lowest BCUT2D eigenvalue weighted by Gasteiger charge is -2.25. The van der Waals surface area contributed by atoms with Gasteiger partial charge in [-0.3, -0.25) is 0 Å². The van der Waals surface area contributed by atoms with Crippen LogP contribution in [0.1, 0.15) is 51.0 Å². The second kappa shape index (κ2) is 6.80. The molecule has 0 saturated heterocycles. The van der Waals surface area contributed by atoms with Gasteiger partial charge in [0.25, 0.3) is 0 Å². The Bertz CT molecular complexity index is 301. The summed E-state index contributed by atoms with van der Waals surface area (Å²) in [5, 5.41) is 3.65. The van der Waals surface area contributed by atoms with Gasteiger partial charge in [0.2, 0.25) is 0 Å². The molecule has 0 heterocycles. The van der Waals surface area contributed by atoms with E-state index in [2.05, 4.69) is 42.6 Å². The van der Waals surface area contributed by atoms with Crippen molar-refractivity contribution in [3.05, 3.63) is 35.9 Å². The van der Waals surface area contributed by atoms with Crippen molar-refractivity contribution in [1.82, 2.24) is 5.32 Å². The first-order chi connectivity index (χ1) is 8.34. The molecule has 0 aromatic heterocycles. The summed E-state index contributed by atoms with van der Waals surface area (Å²) < 4.78 is 0. The Morgan fingerprint density at radius 1 is 1.12 bits per heavy atom. The first kappa shape index (κ1) is 12.6. The highest BCUT2D eigenvalue weighted by Crippen LogP contribution is 2.27. The summed E-state index contributed by atoms with van der Waals surface area (Å²) in [6.07, 6.45) is 8.63. The van der Waals surface area contributed by atoms with Crippen molar-refractivity contribution in [2.75, 3.05) is 0 Å². The van der Waals surface area contributed by atoms with Gasteiger partial charge in [0, 0.05) is 12.6 Å². The molecule has 1 N–H and O–H groups in total. The molecular weight excluding hydrogens is 206 g/mol. The lowest BCUT2D eigenvalue weighted by molar-refractivity contribution is 0.304. The topological polar surface area (TPSA) is 12.0 Å². The minimum Gasteiger partial charge on any atom is -0.310 e. The fraction of sp³-hybridized carbons (Fsp3) is 0.625. The first-order valence-electron chi connectivity index (χ1n) is 7.12. The van der Waals surface area contributed by atoms with Crippen LogP contribution in [0.2, 0.25) is 0 Å². The fourth-order valence-electron chi connectivity index (χ4n) is 2.89. The second-order valence-electron chi connectivity index (χ2n) is 5.51. The van der Waals surface area contributed by atoms with Gasteiger partial charge < -0.3 is 5.32 Å². The van der Waals surface area contributed by atoms with E-state index in [4.69, 9.17) is 0 Å². The van der Waals surface area contributed by atoms with Gasteiger partial charge >= 0.3 is 0 Å². The Labute approximate surface area is 106 Å². The van der Waals surface area contributed by atoms with Crippen LogP contribution in [0.15, 0.2) is 30.3 Å². The van der Waals surface area contributed by atoms with Crippen molar-refractivity contribution in [2.45, 2.75) is 58.0 Å². The molecule has 0 spiro atoms. The summed E-state index contributed by atoms with van der Waals surface area (Å²) in [7, 11) is 0. The highest BCUT2D eigenvalue weighted by Gasteiger charge is 2.15. The summed E-state index contributed by atoms with van der Waals surface area (Å²) in [6, 6.07) is 11.3. The Balaban J connectivity index is 1.68. The number of hydrogen-bond donors (Lipinski definition) is 1. The van der Waals surface area contributed by atoms with E-state index in [1.165, 1.54) is 44.1 Å². The van der Waals surface area contributed by atoms with Crippen molar-refractivity contribution in [3.63, 3.8) is 0 Å². The minimum absolute atomic E-state index is 0.651. The Morgan fingerprint density at radius 2 is 1.82 bits per heavy atom. The lowest BCUT2D eigenvalue weighted by Crippen LogP contribution is -2.28. The van der Waals surface area contributed by atoms with E-state index in [0.717, 1.165) is 12.5 Å². The van der Waals surface area contributed by atoms with Gasteiger partial charge in [-0.05, 0) is 24.8 Å². The molecule has 2 rings (SSSR count). The van der Waals surface area contributed by atoms with E-state index in [-0.39, 0.29) is 0 Å². The summed E-state index contributed by atoms with van der Waals surface area (Å²) >= 11 is 0. The normalized spacial score (nSPS) is 19.1. The molecule has 0 aliphatic heterocycles. The molecule has 0 unspecified atom stereocenters. The van der Waals surface area contributed by atoms with Crippen molar-refractivity contribution in [3.8, 4) is 0 Å². The van der Waals surface area contributed by atoms with E-state index in [9.17, 15) is 0 Å². The van der Waals surface area contributed by atoms with E-state index < -0.39 is 0 Å². The van der Waals surface area contributed by atoms with Gasteiger partial charge in [0.1, 0.15) is 0 Å². The molecule has 1 aliphatic rings. The number of benzene rings is 1. The number of hydrogen-bond acceptors (Lipinski definition) is 1. The third-order valence-corrected chi connectivity index (χ3v) is 3.91. The SMILES string of the molecule is C[C@H](CC1CCCCC1)NCc1ccccc1. The average molecular weight is 231 g/mol. The molecule has 1 saturated carbocycles. The van der Waals surface area contributed by atoms with Gasteiger partial charge in [-0.25, -0.2) is 0 Å². The smallest absolute Gasteiger partial charge is 0.0207 e. The molecule has 1 aliphatic carbocycles. The van der Waals surface area contributed by atoms with Gasteiger partial charge in [-0.15, -0.1) is 0 Å². The van der Waals surface area contributed by atoms with Crippen LogP contribution in [0.5, 0.6) is 0 Å². The van der Waals surface area contributed by atoms with E-state index in [0.29, 0.717) is 6.04 Å². The second-order valence-corrected chi connectivity index (χ2v) is 5.51. The predicted molar refractivity (Wildman–Crippen MR) is 73.9 cm³/mol. The zero-order valence-electron chi connectivity index (χ0n) is 11.0. The van der Waals surface area contributed by atoms with Crippen LogP contribution in [0.25, 0.3) is 0 Å². The van der Waals surface area contributed by atoms with Crippen LogP contribution < -0.4 is 5.32 Å². The molecular formula is C16H25N. The van der Waals surface area contributed by atoms with Crippen LogP contribution in [-0.2, 0) is 6.54 Å². The summed E-state index contributed by atoms with van der Waals surface area (Å²) in [6.45, 7) is 3.34. The van der Waals surface area contributed by atoms with Gasteiger partial charge in [0.15, 0.2) is 0 Å². The van der Waals surface area contributed by atoms with Gasteiger partial charge in [-0.1, -0.05) is 62.4 Å². The Hall–Kier alpha value is -0.820. The minimum atomic E-state index is 0.651. The third kappa shape index (κ3) is 4.51. The van der Waals surface area contributed by atoms with Crippen molar-refractivity contribution in [1.29, 1.82) is 0 Å². The molecule has 1 heteroatoms. The molecule has 0 bridgehead atoms. The molecule has 1 nitrogen and oxygen atoms in total. The quantitative estimate of drug-likeness (QED) is 0.803. The molecule has 0 amide bonds. The number of rotatable bonds is 5. The summed E-state index contributed by atoms with van der Waals surface area (Å²) in [5.41, 5.74) is 1.39. The molecule has 94 valence electrons. The summed E-state index contributed by atoms with van der Waals surface area (Å²) in [5.74, 6) is 0.974. The van der Waals surface area contributed by atoms with Crippen molar-refractivity contribution >= 4 is 0 Å². The molecule has 1 aromatic carbocycles. The van der Waals surface area contributed by atoms with Crippen LogP contribution in [0, 0.1) is 5.92 Å². The van der Waals surface area contributed by atoms with E-state index >= 15 is 0 Å². The predicted octanol–water partition coefficient (Wildman–Crippen LogP) is 4.14. The Morgan fingerprint density at radius 3 is 2.53 bits per heavy atom. The molecule has 1 aromatic rings. The highest BCUT2D eigenvalue weighted by molar-refractivity contribution is 5.14. The van der Waals surface area contributed by atoms with Gasteiger partial charge in [0.05, 0.1) is 0 Å². The van der Waals surface area contributed by atoms with E-state index in [1.807, 2.05) is 0 Å². The maximum Gasteiger partial charge on any atom is 0.0207 e. The van der Waals surface area contributed by atoms with E-state index in [1.54, 1.807) is 0 Å². The first-order valence-corrected chi connectivity index (χ1v) is 7.12. The average Bonchev–Trinajstić information content (AvgIpc) is 2.39. The molecule has 17 heavy (non-hydrogen) atoms. The van der Waals surface area contributed by atoms with Crippen molar-refractivity contribution in [2.24, 2.45) is 5.92 Å². The van der Waals surface area contributed by atoms with Crippen molar-refractivity contribution < 1.29 is 0 Å². The van der Waals surface area contributed by atoms with Crippen LogP contribution in [0.4, 0.5) is 0 Å². The fourth-order valence-corrected chi connectivity index (χ4v) is 2.89. The maximum atomic E-state index is 3.65. The molecule has 1 atom stereocenters. The van der Waals surface area contributed by atoms with Crippen LogP contribution in [-0.4, -0.2) is 6.04 Å². The number of nitrogens with one attached hydrogen (secondary N) is 1. The lowest BCUT2D eigenvalue weighted by atomic mass is 9.85. The third-order valence-electron chi connectivity index (χ3n) is 3.91. The van der Waals surface area contributed by atoms with Crippen LogP contribution in [0.3, 0.4) is 0 Å². The molecule has 1 fully saturated rings. The Kier molecular flexibility index (Phi) is 5.06. The highest BCUT2D eigenvalue weighted by atomic mass is 14.9. The zero-order valence-corrected chi connectivity index (χ0v) is 11.0. The maximum absolute atomic E-state index is 3.65. The monoisotopic (exact) mass is 231 g/mol. The standard InChI is InChI=1S/C16H25N/c1-14(12-15-8-4-2-5-9-15)17-13-16-10-6-3-7-11-16/h3,6-7,10-11,14-15,17H,2,4-5,8-9,12-13H2,1H3/t14-/m1/s1. The van der Waals surface area contributed by atoms with Gasteiger partial charge in [-0.2, -0.15) is 0 Å². The van der Waals surface area contributed by atoms with Crippen LogP contribution >= 0.6 is 0 Å². The zero-order chi connectivity index (χ0) is 11.9. The summed E-state index contributed by atoms with van der Waals surface area (Å²) in [4.78, 5) is 0.